The third kappa shape index (κ3) is 4.26. The van der Waals surface area contributed by atoms with Crippen molar-refractivity contribution in [2.75, 3.05) is 18.9 Å². The van der Waals surface area contributed by atoms with E-state index in [0.29, 0.717) is 0 Å². The predicted octanol–water partition coefficient (Wildman–Crippen LogP) is 2.44. The standard InChI is InChI=1S/C15H23N5O/c1-3-4-9-21-10-5-8-20-15(17-18-19-20)14-7-6-13(16)11-12(14)2/h6-7,11H,3-5,8-10,16H2,1-2H3. The molecule has 0 aliphatic rings. The van der Waals surface area contributed by atoms with Crippen LogP contribution < -0.4 is 5.73 Å². The predicted molar refractivity (Wildman–Crippen MR) is 82.7 cm³/mol. The number of anilines is 1. The Balaban J connectivity index is 1.95. The van der Waals surface area contributed by atoms with Crippen LogP contribution in [0.15, 0.2) is 18.2 Å². The van der Waals surface area contributed by atoms with Gasteiger partial charge in [-0.25, -0.2) is 4.68 Å². The molecule has 6 heteroatoms. The van der Waals surface area contributed by atoms with Gasteiger partial charge in [0.05, 0.1) is 0 Å². The van der Waals surface area contributed by atoms with E-state index in [2.05, 4.69) is 22.4 Å². The highest BCUT2D eigenvalue weighted by molar-refractivity contribution is 5.63. The smallest absolute Gasteiger partial charge is 0.182 e. The average molecular weight is 289 g/mol. The van der Waals surface area contributed by atoms with Gasteiger partial charge in [-0.05, 0) is 54.0 Å². The zero-order valence-corrected chi connectivity index (χ0v) is 12.7. The van der Waals surface area contributed by atoms with Crippen molar-refractivity contribution < 1.29 is 4.74 Å². The molecule has 6 nitrogen and oxygen atoms in total. The normalized spacial score (nSPS) is 11.0. The summed E-state index contributed by atoms with van der Waals surface area (Å²) in [4.78, 5) is 0. The fourth-order valence-electron chi connectivity index (χ4n) is 2.15. The van der Waals surface area contributed by atoms with Crippen molar-refractivity contribution in [1.29, 1.82) is 0 Å². The molecule has 0 aliphatic carbocycles. The van der Waals surface area contributed by atoms with Crippen LogP contribution in [0.25, 0.3) is 11.4 Å². The molecule has 2 aromatic rings. The van der Waals surface area contributed by atoms with Crippen molar-refractivity contribution in [2.24, 2.45) is 0 Å². The number of rotatable bonds is 8. The minimum absolute atomic E-state index is 0.736. The van der Waals surface area contributed by atoms with E-state index in [1.54, 1.807) is 0 Å². The van der Waals surface area contributed by atoms with Gasteiger partial charge in [-0.15, -0.1) is 5.10 Å². The van der Waals surface area contributed by atoms with E-state index in [1.807, 2.05) is 29.8 Å². The van der Waals surface area contributed by atoms with Crippen LogP contribution >= 0.6 is 0 Å². The van der Waals surface area contributed by atoms with Crippen molar-refractivity contribution in [2.45, 2.75) is 39.7 Å². The third-order valence-electron chi connectivity index (χ3n) is 3.32. The summed E-state index contributed by atoms with van der Waals surface area (Å²) in [7, 11) is 0. The zero-order valence-electron chi connectivity index (χ0n) is 12.7. The Labute approximate surface area is 125 Å². The van der Waals surface area contributed by atoms with Gasteiger partial charge >= 0.3 is 0 Å². The molecule has 0 fully saturated rings. The first-order valence-corrected chi connectivity index (χ1v) is 7.42. The maximum atomic E-state index is 5.78. The molecule has 0 saturated heterocycles. The Morgan fingerprint density at radius 1 is 1.24 bits per heavy atom. The van der Waals surface area contributed by atoms with Crippen LogP contribution in [0.1, 0.15) is 31.7 Å². The number of benzene rings is 1. The van der Waals surface area contributed by atoms with E-state index >= 15 is 0 Å². The maximum Gasteiger partial charge on any atom is 0.182 e. The molecule has 0 unspecified atom stereocenters. The summed E-state index contributed by atoms with van der Waals surface area (Å²) in [6, 6.07) is 5.77. The molecule has 2 N–H and O–H groups in total. The second-order valence-electron chi connectivity index (χ2n) is 5.12. The molecular formula is C15H23N5O. The number of nitrogen functional groups attached to an aromatic ring is 1. The summed E-state index contributed by atoms with van der Waals surface area (Å²) in [5.74, 6) is 0.779. The lowest BCUT2D eigenvalue weighted by molar-refractivity contribution is 0.125. The topological polar surface area (TPSA) is 78.8 Å². The van der Waals surface area contributed by atoms with Gasteiger partial charge in [0.25, 0.3) is 0 Å². The molecule has 1 heterocycles. The summed E-state index contributed by atoms with van der Waals surface area (Å²) in [6.07, 6.45) is 3.17. The number of nitrogens with zero attached hydrogens (tertiary/aromatic N) is 4. The van der Waals surface area contributed by atoms with Crippen molar-refractivity contribution in [3.8, 4) is 11.4 Å². The SMILES string of the molecule is CCCCOCCCn1nnnc1-c1ccc(N)cc1C. The van der Waals surface area contributed by atoms with Gasteiger partial charge in [0, 0.05) is 31.0 Å². The van der Waals surface area contributed by atoms with Crippen LogP contribution in [0.3, 0.4) is 0 Å². The first-order chi connectivity index (χ1) is 10.2. The zero-order chi connectivity index (χ0) is 15.1. The van der Waals surface area contributed by atoms with E-state index < -0.39 is 0 Å². The van der Waals surface area contributed by atoms with Crippen molar-refractivity contribution in [3.63, 3.8) is 0 Å². The summed E-state index contributed by atoms with van der Waals surface area (Å²) in [5.41, 5.74) is 8.62. The Hall–Kier alpha value is -1.95. The van der Waals surface area contributed by atoms with E-state index in [1.165, 1.54) is 0 Å². The van der Waals surface area contributed by atoms with Crippen LogP contribution in [0.4, 0.5) is 5.69 Å². The van der Waals surface area contributed by atoms with E-state index in [4.69, 9.17) is 10.5 Å². The number of aryl methyl sites for hydroxylation is 2. The Bertz CT molecular complexity index is 567. The van der Waals surface area contributed by atoms with Crippen LogP contribution in [0, 0.1) is 6.92 Å². The van der Waals surface area contributed by atoms with Crippen molar-refractivity contribution in [1.82, 2.24) is 20.2 Å². The number of unbranched alkanes of at least 4 members (excludes halogenated alkanes) is 1. The summed E-state index contributed by atoms with van der Waals surface area (Å²) in [5, 5.41) is 12.0. The fourth-order valence-corrected chi connectivity index (χ4v) is 2.15. The molecule has 0 bridgehead atoms. The summed E-state index contributed by atoms with van der Waals surface area (Å²) in [6.45, 7) is 6.48. The lowest BCUT2D eigenvalue weighted by Crippen LogP contribution is -2.07. The Morgan fingerprint density at radius 3 is 2.81 bits per heavy atom. The van der Waals surface area contributed by atoms with Crippen LogP contribution in [0.5, 0.6) is 0 Å². The molecule has 0 amide bonds. The molecule has 0 spiro atoms. The van der Waals surface area contributed by atoms with E-state index in [0.717, 1.165) is 61.7 Å². The van der Waals surface area contributed by atoms with Crippen molar-refractivity contribution >= 4 is 5.69 Å². The molecule has 0 atom stereocenters. The highest BCUT2D eigenvalue weighted by atomic mass is 16.5. The third-order valence-corrected chi connectivity index (χ3v) is 3.32. The monoisotopic (exact) mass is 289 g/mol. The van der Waals surface area contributed by atoms with Gasteiger partial charge in [0.15, 0.2) is 5.82 Å². The van der Waals surface area contributed by atoms with Crippen LogP contribution in [-0.2, 0) is 11.3 Å². The number of hydrogen-bond acceptors (Lipinski definition) is 5. The molecule has 114 valence electrons. The van der Waals surface area contributed by atoms with Gasteiger partial charge in [-0.1, -0.05) is 13.3 Å². The molecular weight excluding hydrogens is 266 g/mol. The van der Waals surface area contributed by atoms with Gasteiger partial charge in [-0.3, -0.25) is 0 Å². The minimum atomic E-state index is 0.736. The van der Waals surface area contributed by atoms with E-state index in [-0.39, 0.29) is 0 Å². The summed E-state index contributed by atoms with van der Waals surface area (Å²) >= 11 is 0. The molecule has 0 saturated carbocycles. The number of ether oxygens (including phenoxy) is 1. The molecule has 1 aromatic carbocycles. The van der Waals surface area contributed by atoms with Gasteiger partial charge < -0.3 is 10.5 Å². The highest BCUT2D eigenvalue weighted by Crippen LogP contribution is 2.22. The molecule has 1 aromatic heterocycles. The molecule has 0 aliphatic heterocycles. The van der Waals surface area contributed by atoms with Crippen molar-refractivity contribution in [3.05, 3.63) is 23.8 Å². The second kappa shape index (κ2) is 7.73. The average Bonchev–Trinajstić information content (AvgIpc) is 2.91. The van der Waals surface area contributed by atoms with Crippen LogP contribution in [-0.4, -0.2) is 33.4 Å². The summed E-state index contributed by atoms with van der Waals surface area (Å²) < 4.78 is 7.38. The van der Waals surface area contributed by atoms with Gasteiger partial charge in [0.1, 0.15) is 0 Å². The second-order valence-corrected chi connectivity index (χ2v) is 5.12. The van der Waals surface area contributed by atoms with Crippen LogP contribution in [0.2, 0.25) is 0 Å². The Kier molecular flexibility index (Phi) is 5.68. The number of nitrogens with two attached hydrogens (primary N) is 1. The molecule has 0 radical (unpaired) electrons. The number of aromatic nitrogens is 4. The van der Waals surface area contributed by atoms with Gasteiger partial charge in [-0.2, -0.15) is 0 Å². The molecule has 21 heavy (non-hydrogen) atoms. The lowest BCUT2D eigenvalue weighted by atomic mass is 10.1. The maximum absolute atomic E-state index is 5.78. The lowest BCUT2D eigenvalue weighted by Gasteiger charge is -2.08. The first-order valence-electron chi connectivity index (χ1n) is 7.42. The quantitative estimate of drug-likeness (QED) is 0.596. The first kappa shape index (κ1) is 15.4. The number of tetrazole rings is 1. The fraction of sp³-hybridized carbons (Fsp3) is 0.533. The Morgan fingerprint density at radius 2 is 2.05 bits per heavy atom. The van der Waals surface area contributed by atoms with Gasteiger partial charge in [0.2, 0.25) is 0 Å². The van der Waals surface area contributed by atoms with E-state index in [9.17, 15) is 0 Å². The number of hydrogen-bond donors (Lipinski definition) is 1. The highest BCUT2D eigenvalue weighted by Gasteiger charge is 2.11. The minimum Gasteiger partial charge on any atom is -0.399 e. The largest absolute Gasteiger partial charge is 0.399 e. The molecule has 2 rings (SSSR count).